The van der Waals surface area contributed by atoms with Crippen LogP contribution in [0, 0.1) is 0 Å². The van der Waals surface area contributed by atoms with E-state index in [4.69, 9.17) is 4.74 Å². The molecule has 6 heteroatoms. The largest absolute Gasteiger partial charge is 0.370 e. The normalized spacial score (nSPS) is 23.3. The zero-order valence-corrected chi connectivity index (χ0v) is 15.7. The lowest BCUT2D eigenvalue weighted by Crippen LogP contribution is -2.44. The summed E-state index contributed by atoms with van der Waals surface area (Å²) in [6.45, 7) is 2.38. The quantitative estimate of drug-likeness (QED) is 0.653. The predicted molar refractivity (Wildman–Crippen MR) is 107 cm³/mol. The molecular formula is C22H25N3O3. The van der Waals surface area contributed by atoms with Crippen molar-refractivity contribution in [3.63, 3.8) is 0 Å². The van der Waals surface area contributed by atoms with Crippen molar-refractivity contribution in [3.8, 4) is 11.1 Å². The minimum atomic E-state index is -0.119. The highest BCUT2D eigenvalue weighted by Crippen LogP contribution is 2.22. The second-order valence-electron chi connectivity index (χ2n) is 7.32. The summed E-state index contributed by atoms with van der Waals surface area (Å²) in [7, 11) is 0. The van der Waals surface area contributed by atoms with Crippen LogP contribution >= 0.6 is 0 Å². The van der Waals surface area contributed by atoms with Crippen molar-refractivity contribution < 1.29 is 14.3 Å². The molecule has 0 aromatic heterocycles. The van der Waals surface area contributed by atoms with Crippen LogP contribution in [0.4, 0.5) is 0 Å². The lowest BCUT2D eigenvalue weighted by molar-refractivity contribution is -0.122. The molecule has 4 rings (SSSR count). The first-order chi connectivity index (χ1) is 13.7. The Balaban J connectivity index is 1.60. The maximum atomic E-state index is 12.4. The summed E-state index contributed by atoms with van der Waals surface area (Å²) in [5.74, 6) is -0.129. The number of hydrogen-bond acceptors (Lipinski definition) is 4. The summed E-state index contributed by atoms with van der Waals surface area (Å²) in [5, 5.41) is 9.25. The zero-order chi connectivity index (χ0) is 19.3. The number of benzene rings is 2. The number of nitrogens with one attached hydrogen (secondary N) is 3. The molecule has 6 nitrogen and oxygen atoms in total. The monoisotopic (exact) mass is 379 g/mol. The van der Waals surface area contributed by atoms with Crippen LogP contribution in [0.15, 0.2) is 48.5 Å². The van der Waals surface area contributed by atoms with Gasteiger partial charge in [-0.15, -0.1) is 0 Å². The van der Waals surface area contributed by atoms with Gasteiger partial charge in [0.2, 0.25) is 5.91 Å². The van der Waals surface area contributed by atoms with E-state index in [1.54, 1.807) is 6.07 Å². The summed E-state index contributed by atoms with van der Waals surface area (Å²) in [5.41, 5.74) is 3.73. The van der Waals surface area contributed by atoms with E-state index in [2.05, 4.69) is 22.0 Å². The van der Waals surface area contributed by atoms with Gasteiger partial charge >= 0.3 is 0 Å². The third-order valence-corrected chi connectivity index (χ3v) is 5.22. The third kappa shape index (κ3) is 4.40. The fourth-order valence-corrected chi connectivity index (χ4v) is 3.69. The molecule has 1 saturated heterocycles. The van der Waals surface area contributed by atoms with Gasteiger partial charge in [-0.3, -0.25) is 9.59 Å². The van der Waals surface area contributed by atoms with Crippen LogP contribution < -0.4 is 16.0 Å². The van der Waals surface area contributed by atoms with Crippen molar-refractivity contribution in [1.82, 2.24) is 16.0 Å². The summed E-state index contributed by atoms with van der Waals surface area (Å²) >= 11 is 0. The summed E-state index contributed by atoms with van der Waals surface area (Å²) in [4.78, 5) is 24.7. The SMILES string of the molecule is O=C1CCCNC(=O)c2cccc(c2)-c2cccc(c2)COC2CNCC2N1. The van der Waals surface area contributed by atoms with Crippen molar-refractivity contribution in [1.29, 1.82) is 0 Å². The third-order valence-electron chi connectivity index (χ3n) is 5.22. The molecule has 2 amide bonds. The van der Waals surface area contributed by atoms with Crippen LogP contribution in [0.1, 0.15) is 28.8 Å². The van der Waals surface area contributed by atoms with E-state index in [1.165, 1.54) is 0 Å². The minimum Gasteiger partial charge on any atom is -0.370 e. The van der Waals surface area contributed by atoms with E-state index in [9.17, 15) is 9.59 Å². The first-order valence-corrected chi connectivity index (χ1v) is 9.78. The number of ether oxygens (including phenoxy) is 1. The Kier molecular flexibility index (Phi) is 5.69. The second kappa shape index (κ2) is 8.54. The predicted octanol–water partition coefficient (Wildman–Crippen LogP) is 1.85. The van der Waals surface area contributed by atoms with Gasteiger partial charge in [0.25, 0.3) is 5.91 Å². The first-order valence-electron chi connectivity index (χ1n) is 9.78. The van der Waals surface area contributed by atoms with Gasteiger partial charge in [0, 0.05) is 31.6 Å². The molecule has 3 N–H and O–H groups in total. The van der Waals surface area contributed by atoms with Crippen molar-refractivity contribution in [2.75, 3.05) is 19.6 Å². The van der Waals surface area contributed by atoms with Crippen LogP contribution in [0.5, 0.6) is 0 Å². The highest BCUT2D eigenvalue weighted by Gasteiger charge is 2.29. The van der Waals surface area contributed by atoms with Crippen LogP contribution in [-0.4, -0.2) is 43.6 Å². The van der Waals surface area contributed by atoms with Crippen LogP contribution in [0.25, 0.3) is 11.1 Å². The molecule has 2 aliphatic heterocycles. The average molecular weight is 379 g/mol. The number of carbonyl (C=O) groups excluding carboxylic acids is 2. The molecule has 2 unspecified atom stereocenters. The number of hydrogen-bond donors (Lipinski definition) is 3. The Bertz CT molecular complexity index is 868. The van der Waals surface area contributed by atoms with Crippen molar-refractivity contribution in [2.24, 2.45) is 0 Å². The molecule has 0 aliphatic carbocycles. The number of carbonyl (C=O) groups is 2. The van der Waals surface area contributed by atoms with Gasteiger partial charge in [0.1, 0.15) is 0 Å². The van der Waals surface area contributed by atoms with Crippen molar-refractivity contribution in [2.45, 2.75) is 31.6 Å². The Morgan fingerprint density at radius 2 is 1.71 bits per heavy atom. The Morgan fingerprint density at radius 1 is 0.929 bits per heavy atom. The molecular weight excluding hydrogens is 354 g/mol. The molecule has 2 aromatic rings. The topological polar surface area (TPSA) is 79.5 Å². The highest BCUT2D eigenvalue weighted by molar-refractivity contribution is 5.95. The lowest BCUT2D eigenvalue weighted by atomic mass is 10.0. The maximum absolute atomic E-state index is 12.4. The molecule has 2 aromatic carbocycles. The van der Waals surface area contributed by atoms with Crippen LogP contribution in [0.3, 0.4) is 0 Å². The van der Waals surface area contributed by atoms with E-state index in [-0.39, 0.29) is 24.0 Å². The molecule has 0 saturated carbocycles. The summed E-state index contributed by atoms with van der Waals surface area (Å²) in [6.07, 6.45) is 0.930. The van der Waals surface area contributed by atoms with E-state index in [1.807, 2.05) is 36.4 Å². The molecule has 2 atom stereocenters. The van der Waals surface area contributed by atoms with E-state index in [0.29, 0.717) is 38.1 Å². The molecule has 1 fully saturated rings. The van der Waals surface area contributed by atoms with Crippen molar-refractivity contribution >= 4 is 11.8 Å². The van der Waals surface area contributed by atoms with E-state index in [0.717, 1.165) is 23.2 Å². The minimum absolute atomic E-state index is 0.00939. The van der Waals surface area contributed by atoms with Crippen LogP contribution in [-0.2, 0) is 16.1 Å². The summed E-state index contributed by atoms with van der Waals surface area (Å²) in [6, 6.07) is 15.7. The molecule has 0 radical (unpaired) electrons. The standard InChI is InChI=1S/C22H25N3O3/c26-21-8-3-9-24-22(27)18-7-2-6-17(11-18)16-5-1-4-15(10-16)14-28-20-13-23-12-19(20)25-21/h1-2,4-7,10-11,19-20,23H,3,8-9,12-14H2,(H,24,27)(H,25,26). The fraction of sp³-hybridized carbons (Fsp3) is 0.364. The molecule has 0 spiro atoms. The van der Waals surface area contributed by atoms with Gasteiger partial charge < -0.3 is 20.7 Å². The number of amides is 2. The van der Waals surface area contributed by atoms with Gasteiger partial charge in [-0.25, -0.2) is 0 Å². The van der Waals surface area contributed by atoms with Gasteiger partial charge in [-0.2, -0.15) is 0 Å². The molecule has 28 heavy (non-hydrogen) atoms. The molecule has 2 heterocycles. The van der Waals surface area contributed by atoms with Crippen molar-refractivity contribution in [3.05, 3.63) is 59.7 Å². The first kappa shape index (κ1) is 18.7. The smallest absolute Gasteiger partial charge is 0.251 e. The van der Waals surface area contributed by atoms with Crippen LogP contribution in [0.2, 0.25) is 0 Å². The van der Waals surface area contributed by atoms with E-state index >= 15 is 0 Å². The van der Waals surface area contributed by atoms with Gasteiger partial charge in [-0.1, -0.05) is 30.3 Å². The zero-order valence-electron chi connectivity index (χ0n) is 15.7. The average Bonchev–Trinajstić information content (AvgIpc) is 3.16. The number of fused-ring (bicyclic) bond motifs is 6. The molecule has 2 aliphatic rings. The molecule has 4 bridgehead atoms. The lowest BCUT2D eigenvalue weighted by Gasteiger charge is -2.21. The fourth-order valence-electron chi connectivity index (χ4n) is 3.69. The Morgan fingerprint density at radius 3 is 2.61 bits per heavy atom. The van der Waals surface area contributed by atoms with Gasteiger partial charge in [0.05, 0.1) is 18.8 Å². The maximum Gasteiger partial charge on any atom is 0.251 e. The Labute approximate surface area is 164 Å². The van der Waals surface area contributed by atoms with Gasteiger partial charge in [0.15, 0.2) is 0 Å². The number of rotatable bonds is 0. The second-order valence-corrected chi connectivity index (χ2v) is 7.32. The van der Waals surface area contributed by atoms with Gasteiger partial charge in [-0.05, 0) is 41.3 Å². The molecule has 146 valence electrons. The highest BCUT2D eigenvalue weighted by atomic mass is 16.5. The van der Waals surface area contributed by atoms with E-state index < -0.39 is 0 Å². The Hall–Kier alpha value is -2.70. The summed E-state index contributed by atoms with van der Waals surface area (Å²) < 4.78 is 6.11.